The van der Waals surface area contributed by atoms with Crippen molar-refractivity contribution in [1.29, 1.82) is 0 Å². The maximum absolute atomic E-state index is 15.2. The van der Waals surface area contributed by atoms with Gasteiger partial charge in [-0.2, -0.15) is 8.78 Å². The number of hydrogen-bond acceptors (Lipinski definition) is 5. The van der Waals surface area contributed by atoms with Crippen molar-refractivity contribution in [3.63, 3.8) is 0 Å². The second kappa shape index (κ2) is 9.41. The van der Waals surface area contributed by atoms with E-state index in [2.05, 4.69) is 0 Å². The highest BCUT2D eigenvalue weighted by atomic mass is 31.2. The molecule has 2 aromatic rings. The quantitative estimate of drug-likeness (QED) is 0.200. The predicted molar refractivity (Wildman–Crippen MR) is 100 cm³/mol. The fraction of sp³-hybridized carbons (Fsp3) is 0.444. The highest BCUT2D eigenvalue weighted by molar-refractivity contribution is 7.57. The Balaban J connectivity index is 2.29. The zero-order chi connectivity index (χ0) is 20.8. The number of furan rings is 1. The van der Waals surface area contributed by atoms with E-state index in [1.165, 1.54) is 37.4 Å². The highest BCUT2D eigenvalue weighted by Crippen LogP contribution is 2.68. The van der Waals surface area contributed by atoms with Gasteiger partial charge in [0.1, 0.15) is 17.3 Å². The lowest BCUT2D eigenvalue weighted by Gasteiger charge is -2.33. The number of hydrogen-bond donors (Lipinski definition) is 0. The number of unbranched alkanes of at least 4 members (excludes halogenated alkanes) is 2. The number of nitro groups is 1. The largest absolute Gasteiger partial charge is 0.433 e. The second-order valence-electron chi connectivity index (χ2n) is 6.29. The molecule has 0 saturated carbocycles. The van der Waals surface area contributed by atoms with Gasteiger partial charge >= 0.3 is 19.1 Å². The van der Waals surface area contributed by atoms with Gasteiger partial charge in [-0.3, -0.25) is 14.7 Å². The third-order valence-electron chi connectivity index (χ3n) is 4.22. The van der Waals surface area contributed by atoms with E-state index in [9.17, 15) is 14.7 Å². The second-order valence-corrected chi connectivity index (χ2v) is 8.83. The summed E-state index contributed by atoms with van der Waals surface area (Å²) in [4.78, 5) is 9.95. The molecule has 0 radical (unpaired) electrons. The van der Waals surface area contributed by atoms with Crippen LogP contribution in [0.15, 0.2) is 46.9 Å². The summed E-state index contributed by atoms with van der Waals surface area (Å²) < 4.78 is 55.1. The van der Waals surface area contributed by atoms with Gasteiger partial charge in [-0.25, -0.2) is 4.67 Å². The van der Waals surface area contributed by atoms with Gasteiger partial charge in [0.15, 0.2) is 0 Å². The Morgan fingerprint density at radius 1 is 1.21 bits per heavy atom. The van der Waals surface area contributed by atoms with Crippen LogP contribution in [0.25, 0.3) is 0 Å². The molecule has 0 spiro atoms. The van der Waals surface area contributed by atoms with Gasteiger partial charge in [0.05, 0.1) is 6.07 Å². The summed E-state index contributed by atoms with van der Waals surface area (Å²) in [6, 6.07) is 9.14. The van der Waals surface area contributed by atoms with Gasteiger partial charge in [0.2, 0.25) is 0 Å². The van der Waals surface area contributed by atoms with Crippen LogP contribution in [0, 0.1) is 10.1 Å². The molecule has 1 heterocycles. The summed E-state index contributed by atoms with van der Waals surface area (Å²) in [5.41, 5.74) is -4.19. The van der Waals surface area contributed by atoms with E-state index in [1.54, 1.807) is 6.07 Å². The van der Waals surface area contributed by atoms with E-state index in [0.29, 0.717) is 6.42 Å². The van der Waals surface area contributed by atoms with Crippen molar-refractivity contribution in [3.8, 4) is 0 Å². The monoisotopic (exact) mass is 416 g/mol. The lowest BCUT2D eigenvalue weighted by Crippen LogP contribution is -2.29. The van der Waals surface area contributed by atoms with Crippen molar-refractivity contribution < 1.29 is 27.2 Å². The van der Waals surface area contributed by atoms with Crippen molar-refractivity contribution in [1.82, 2.24) is 4.67 Å². The van der Waals surface area contributed by atoms with Crippen LogP contribution in [0.3, 0.4) is 0 Å². The summed E-state index contributed by atoms with van der Waals surface area (Å²) in [5, 5.41) is 10.7. The summed E-state index contributed by atoms with van der Waals surface area (Å²) in [5.74, 6) is -0.600. The van der Waals surface area contributed by atoms with Crippen molar-refractivity contribution in [2.24, 2.45) is 0 Å². The summed E-state index contributed by atoms with van der Waals surface area (Å²) in [7, 11) is -3.35. The van der Waals surface area contributed by atoms with Gasteiger partial charge in [0, 0.05) is 12.1 Å². The van der Waals surface area contributed by atoms with Crippen LogP contribution in [0.4, 0.5) is 14.7 Å². The third kappa shape index (κ3) is 4.84. The zero-order valence-corrected chi connectivity index (χ0v) is 16.6. The van der Waals surface area contributed by atoms with E-state index in [4.69, 9.17) is 8.94 Å². The minimum atomic E-state index is -4.69. The highest BCUT2D eigenvalue weighted by Gasteiger charge is 2.56. The molecule has 0 saturated heterocycles. The van der Waals surface area contributed by atoms with Crippen LogP contribution in [-0.2, 0) is 21.4 Å². The average molecular weight is 416 g/mol. The number of alkyl halides is 2. The van der Waals surface area contributed by atoms with Gasteiger partial charge in [-0.05, 0) is 19.5 Å². The van der Waals surface area contributed by atoms with E-state index in [0.717, 1.165) is 23.6 Å². The van der Waals surface area contributed by atoms with Crippen molar-refractivity contribution in [2.75, 3.05) is 13.6 Å². The van der Waals surface area contributed by atoms with Crippen LogP contribution in [0.1, 0.15) is 37.5 Å². The van der Waals surface area contributed by atoms with E-state index in [-0.39, 0.29) is 12.3 Å². The van der Waals surface area contributed by atoms with Crippen molar-refractivity contribution in [2.45, 2.75) is 38.5 Å². The third-order valence-corrected chi connectivity index (χ3v) is 6.77. The minimum absolute atomic E-state index is 0.0576. The van der Waals surface area contributed by atoms with Gasteiger partial charge in [-0.15, -0.1) is 0 Å². The molecule has 0 aliphatic carbocycles. The molecular formula is C18H23F2N2O5P. The molecule has 1 aromatic heterocycles. The first kappa shape index (κ1) is 22.2. The van der Waals surface area contributed by atoms with Crippen LogP contribution >= 0.6 is 7.52 Å². The molecule has 0 fully saturated rings. The van der Waals surface area contributed by atoms with Crippen molar-refractivity contribution in [3.05, 3.63) is 63.9 Å². The molecule has 0 N–H and O–H groups in total. The maximum Gasteiger partial charge on any atom is 0.433 e. The molecule has 7 nitrogen and oxygen atoms in total. The van der Waals surface area contributed by atoms with E-state index >= 15 is 8.78 Å². The predicted octanol–water partition coefficient (Wildman–Crippen LogP) is 5.77. The normalized spacial score (nSPS) is 14.2. The number of nitrogens with zero attached hydrogens (tertiary/aromatic N) is 2. The first-order valence-electron chi connectivity index (χ1n) is 8.85. The van der Waals surface area contributed by atoms with Crippen LogP contribution < -0.4 is 0 Å². The van der Waals surface area contributed by atoms with Gasteiger partial charge < -0.3 is 8.94 Å². The molecule has 10 heteroatoms. The summed E-state index contributed by atoms with van der Waals surface area (Å²) >= 11 is 0. The van der Waals surface area contributed by atoms with Crippen LogP contribution in [0.5, 0.6) is 0 Å². The standard InChI is InChI=1S/C18H23F2N2O5P/c1-3-4-8-13-21(2)28(25,18(19,20)15-9-6-5-7-10-15)26-14-16-11-12-17(27-16)22(23)24/h5-7,9-12H,3-4,8,13-14H2,1-2H3. The fourth-order valence-electron chi connectivity index (χ4n) is 2.61. The molecule has 154 valence electrons. The zero-order valence-electron chi connectivity index (χ0n) is 15.7. The van der Waals surface area contributed by atoms with Crippen LogP contribution in [-0.4, -0.2) is 23.2 Å². The molecule has 0 aliphatic heterocycles. The molecule has 0 amide bonds. The Bertz CT molecular complexity index is 828. The van der Waals surface area contributed by atoms with Gasteiger partial charge in [-0.1, -0.05) is 50.1 Å². The molecule has 0 aliphatic rings. The number of halogens is 2. The van der Waals surface area contributed by atoms with E-state index < -0.39 is 36.2 Å². The average Bonchev–Trinajstić information content (AvgIpc) is 3.16. The maximum atomic E-state index is 15.2. The number of benzene rings is 1. The first-order valence-corrected chi connectivity index (χ1v) is 10.4. The van der Waals surface area contributed by atoms with Gasteiger partial charge in [0.25, 0.3) is 0 Å². The summed E-state index contributed by atoms with van der Waals surface area (Å²) in [6.07, 6.45) is 2.26. The molecule has 0 bridgehead atoms. The smallest absolute Gasteiger partial charge is 0.403 e. The minimum Gasteiger partial charge on any atom is -0.403 e. The fourth-order valence-corrected chi connectivity index (χ4v) is 4.58. The first-order chi connectivity index (χ1) is 13.2. The lowest BCUT2D eigenvalue weighted by atomic mass is 10.2. The Morgan fingerprint density at radius 3 is 2.46 bits per heavy atom. The Kier molecular flexibility index (Phi) is 7.46. The number of rotatable bonds is 11. The lowest BCUT2D eigenvalue weighted by molar-refractivity contribution is -0.402. The van der Waals surface area contributed by atoms with Crippen molar-refractivity contribution >= 4 is 13.4 Å². The Labute approximate surface area is 161 Å². The van der Waals surface area contributed by atoms with E-state index in [1.807, 2.05) is 6.92 Å². The molecule has 1 atom stereocenters. The Hall–Kier alpha value is -2.09. The summed E-state index contributed by atoms with van der Waals surface area (Å²) in [6.45, 7) is 1.55. The molecule has 1 aromatic carbocycles. The topological polar surface area (TPSA) is 85.8 Å². The molecular weight excluding hydrogens is 393 g/mol. The molecule has 2 rings (SSSR count). The Morgan fingerprint density at radius 2 is 1.89 bits per heavy atom. The molecule has 28 heavy (non-hydrogen) atoms. The molecule has 1 unspecified atom stereocenters. The SMILES string of the molecule is CCCCCN(C)P(=O)(OCc1ccc([N+](=O)[O-])o1)C(F)(F)c1ccccc1. The van der Waals surface area contributed by atoms with Crippen LogP contribution in [0.2, 0.25) is 0 Å².